The predicted molar refractivity (Wildman–Crippen MR) is 113 cm³/mol. The quantitative estimate of drug-likeness (QED) is 0.775. The van der Waals surface area contributed by atoms with E-state index in [2.05, 4.69) is 54.5 Å². The van der Waals surface area contributed by atoms with E-state index in [0.29, 0.717) is 6.04 Å². The number of piperidine rings is 1. The molecule has 0 radical (unpaired) electrons. The van der Waals surface area contributed by atoms with Crippen LogP contribution in [-0.4, -0.2) is 29.9 Å². The summed E-state index contributed by atoms with van der Waals surface area (Å²) in [5.41, 5.74) is 3.71. The summed E-state index contributed by atoms with van der Waals surface area (Å²) in [6.45, 7) is 10.7. The zero-order valence-corrected chi connectivity index (χ0v) is 17.7. The number of hydrogen-bond acceptors (Lipinski definition) is 3. The van der Waals surface area contributed by atoms with Crippen LogP contribution in [0, 0.1) is 11.8 Å². The molecule has 0 unspecified atom stereocenters. The van der Waals surface area contributed by atoms with Crippen molar-refractivity contribution >= 4 is 36.4 Å². The lowest BCUT2D eigenvalue weighted by molar-refractivity contribution is -0.120. The number of nitrogens with one attached hydrogen (secondary N) is 2. The molecule has 2 atom stereocenters. The first kappa shape index (κ1) is 23.2. The van der Waals surface area contributed by atoms with E-state index in [1.54, 1.807) is 0 Å². The first-order valence-electron chi connectivity index (χ1n) is 9.40. The van der Waals surface area contributed by atoms with Gasteiger partial charge >= 0.3 is 0 Å². The summed E-state index contributed by atoms with van der Waals surface area (Å²) in [5.74, 6) is 1.06. The number of anilines is 1. The molecule has 2 aliphatic heterocycles. The highest BCUT2D eigenvalue weighted by Gasteiger charge is 2.27. The van der Waals surface area contributed by atoms with Gasteiger partial charge in [0.2, 0.25) is 5.91 Å². The molecule has 0 spiro atoms. The van der Waals surface area contributed by atoms with Crippen molar-refractivity contribution in [2.45, 2.75) is 59.2 Å². The highest BCUT2D eigenvalue weighted by Crippen LogP contribution is 2.30. The van der Waals surface area contributed by atoms with E-state index in [-0.39, 0.29) is 36.6 Å². The second-order valence-corrected chi connectivity index (χ2v) is 7.90. The molecule has 0 aromatic heterocycles. The van der Waals surface area contributed by atoms with Crippen LogP contribution < -0.4 is 10.6 Å². The molecule has 2 N–H and O–H groups in total. The second-order valence-electron chi connectivity index (χ2n) is 7.90. The van der Waals surface area contributed by atoms with Crippen LogP contribution in [0.3, 0.4) is 0 Å². The lowest BCUT2D eigenvalue weighted by atomic mass is 9.92. The van der Waals surface area contributed by atoms with E-state index in [9.17, 15) is 4.79 Å². The van der Waals surface area contributed by atoms with Crippen molar-refractivity contribution in [2.24, 2.45) is 11.8 Å². The number of hydrogen-bond donors (Lipinski definition) is 2. The Morgan fingerprint density at radius 1 is 1.31 bits per heavy atom. The molecule has 1 aromatic rings. The molecule has 2 aliphatic rings. The van der Waals surface area contributed by atoms with E-state index in [1.165, 1.54) is 17.5 Å². The van der Waals surface area contributed by atoms with Crippen molar-refractivity contribution in [3.05, 3.63) is 29.3 Å². The molecule has 1 saturated heterocycles. The number of rotatable bonds is 5. The first-order valence-corrected chi connectivity index (χ1v) is 9.40. The minimum Gasteiger partial charge on any atom is -0.326 e. The molecule has 148 valence electrons. The van der Waals surface area contributed by atoms with Crippen LogP contribution in [0.15, 0.2) is 18.2 Å². The Kier molecular flexibility index (Phi) is 9.39. The SMILES string of the molecule is CC(C)CCN1Cc2cccc(NC(=O)[C@H]3CCN[C@@H](C)C3)c2C1.Cl.Cl. The fraction of sp³-hybridized carbons (Fsp3) is 0.650. The molecule has 0 saturated carbocycles. The summed E-state index contributed by atoms with van der Waals surface area (Å²) in [6.07, 6.45) is 3.09. The van der Waals surface area contributed by atoms with Crippen molar-refractivity contribution in [3.63, 3.8) is 0 Å². The third-order valence-corrected chi connectivity index (χ3v) is 5.32. The normalized spacial score (nSPS) is 22.3. The number of nitrogens with zero attached hydrogens (tertiary/aromatic N) is 1. The molecule has 2 heterocycles. The molecule has 4 nitrogen and oxygen atoms in total. The highest BCUT2D eigenvalue weighted by molar-refractivity contribution is 5.93. The molecule has 0 aliphatic carbocycles. The Morgan fingerprint density at radius 2 is 2.08 bits per heavy atom. The average Bonchev–Trinajstić information content (AvgIpc) is 2.97. The smallest absolute Gasteiger partial charge is 0.227 e. The monoisotopic (exact) mass is 401 g/mol. The summed E-state index contributed by atoms with van der Waals surface area (Å²) in [4.78, 5) is 15.1. The van der Waals surface area contributed by atoms with Gasteiger partial charge in [0.15, 0.2) is 0 Å². The zero-order valence-electron chi connectivity index (χ0n) is 16.1. The van der Waals surface area contributed by atoms with Crippen LogP contribution in [0.4, 0.5) is 5.69 Å². The molecule has 6 heteroatoms. The topological polar surface area (TPSA) is 44.4 Å². The maximum atomic E-state index is 12.7. The molecule has 1 aromatic carbocycles. The van der Waals surface area contributed by atoms with Crippen molar-refractivity contribution in [1.29, 1.82) is 0 Å². The molecule has 0 bridgehead atoms. The van der Waals surface area contributed by atoms with E-state index in [1.807, 2.05) is 0 Å². The number of halogens is 2. The van der Waals surface area contributed by atoms with E-state index >= 15 is 0 Å². The number of benzene rings is 1. The maximum Gasteiger partial charge on any atom is 0.227 e. The van der Waals surface area contributed by atoms with Crippen molar-refractivity contribution in [1.82, 2.24) is 10.2 Å². The van der Waals surface area contributed by atoms with Gasteiger partial charge < -0.3 is 10.6 Å². The summed E-state index contributed by atoms with van der Waals surface area (Å²) < 4.78 is 0. The Labute approximate surface area is 170 Å². The summed E-state index contributed by atoms with van der Waals surface area (Å²) >= 11 is 0. The second kappa shape index (κ2) is 10.5. The van der Waals surface area contributed by atoms with Gasteiger partial charge in [0.1, 0.15) is 0 Å². The standard InChI is InChI=1S/C20H31N3O.2ClH/c1-14(2)8-10-23-12-17-5-4-6-19(18(17)13-23)22-20(24)16-7-9-21-15(3)11-16;;/h4-6,14-16,21H,7-13H2,1-3H3,(H,22,24);2*1H/t15-,16-;;/m0../s1. The van der Waals surface area contributed by atoms with Gasteiger partial charge in [-0.3, -0.25) is 9.69 Å². The summed E-state index contributed by atoms with van der Waals surface area (Å²) in [5, 5.41) is 6.64. The van der Waals surface area contributed by atoms with Crippen molar-refractivity contribution in [2.75, 3.05) is 18.4 Å². The largest absolute Gasteiger partial charge is 0.326 e. The molecule has 26 heavy (non-hydrogen) atoms. The van der Waals surface area contributed by atoms with Gasteiger partial charge in [0.25, 0.3) is 0 Å². The lowest BCUT2D eigenvalue weighted by Crippen LogP contribution is -2.40. The molecular weight excluding hydrogens is 369 g/mol. The van der Waals surface area contributed by atoms with Crippen LogP contribution in [0.5, 0.6) is 0 Å². The fourth-order valence-corrected chi connectivity index (χ4v) is 3.81. The Hall–Kier alpha value is -0.810. The van der Waals surface area contributed by atoms with Crippen molar-refractivity contribution < 1.29 is 4.79 Å². The zero-order chi connectivity index (χ0) is 17.1. The Balaban J connectivity index is 0.00000169. The molecule has 3 rings (SSSR count). The summed E-state index contributed by atoms with van der Waals surface area (Å²) in [6, 6.07) is 6.77. The predicted octanol–water partition coefficient (Wildman–Crippen LogP) is 4.22. The third-order valence-electron chi connectivity index (χ3n) is 5.32. The number of carbonyl (C=O) groups excluding carboxylic acids is 1. The fourth-order valence-electron chi connectivity index (χ4n) is 3.81. The third kappa shape index (κ3) is 5.85. The number of carbonyl (C=O) groups is 1. The van der Waals surface area contributed by atoms with E-state index < -0.39 is 0 Å². The van der Waals surface area contributed by atoms with Gasteiger partial charge in [-0.25, -0.2) is 0 Å². The van der Waals surface area contributed by atoms with Crippen LogP contribution in [0.2, 0.25) is 0 Å². The lowest BCUT2D eigenvalue weighted by Gasteiger charge is -2.27. The molecule has 1 amide bonds. The highest BCUT2D eigenvalue weighted by atomic mass is 35.5. The van der Waals surface area contributed by atoms with Gasteiger partial charge in [0.05, 0.1) is 0 Å². The van der Waals surface area contributed by atoms with Gasteiger partial charge in [-0.05, 0) is 62.4 Å². The van der Waals surface area contributed by atoms with E-state index in [4.69, 9.17) is 0 Å². The number of amides is 1. The van der Waals surface area contributed by atoms with Gasteiger partial charge in [0, 0.05) is 30.7 Å². The van der Waals surface area contributed by atoms with Gasteiger partial charge in [-0.1, -0.05) is 26.0 Å². The Morgan fingerprint density at radius 3 is 2.77 bits per heavy atom. The van der Waals surface area contributed by atoms with Crippen LogP contribution in [-0.2, 0) is 17.9 Å². The van der Waals surface area contributed by atoms with Crippen molar-refractivity contribution in [3.8, 4) is 0 Å². The minimum atomic E-state index is 0. The maximum absolute atomic E-state index is 12.7. The summed E-state index contributed by atoms with van der Waals surface area (Å²) in [7, 11) is 0. The Bertz CT molecular complexity index is 594. The van der Waals surface area contributed by atoms with Crippen LogP contribution in [0.1, 0.15) is 51.2 Å². The number of fused-ring (bicyclic) bond motifs is 1. The van der Waals surface area contributed by atoms with Gasteiger partial charge in [-0.2, -0.15) is 0 Å². The average molecular weight is 402 g/mol. The molecule has 1 fully saturated rings. The van der Waals surface area contributed by atoms with Gasteiger partial charge in [-0.15, -0.1) is 24.8 Å². The van der Waals surface area contributed by atoms with Crippen LogP contribution in [0.25, 0.3) is 0 Å². The van der Waals surface area contributed by atoms with Crippen LogP contribution >= 0.6 is 24.8 Å². The first-order chi connectivity index (χ1) is 11.5. The minimum absolute atomic E-state index is 0. The van der Waals surface area contributed by atoms with E-state index in [0.717, 1.165) is 50.6 Å². The molecular formula is C20H33Cl2N3O.